The fourth-order valence-corrected chi connectivity index (χ4v) is 2.03. The van der Waals surface area contributed by atoms with Crippen LogP contribution in [0, 0.1) is 0 Å². The van der Waals surface area contributed by atoms with Gasteiger partial charge in [-0.2, -0.15) is 0 Å². The molecule has 0 aliphatic carbocycles. The van der Waals surface area contributed by atoms with Crippen molar-refractivity contribution < 1.29 is 24.6 Å². The summed E-state index contributed by atoms with van der Waals surface area (Å²) in [7, 11) is 0. The molecule has 0 fully saturated rings. The third-order valence-corrected chi connectivity index (χ3v) is 3.28. The number of carboxylic acids is 1. The van der Waals surface area contributed by atoms with Crippen LogP contribution in [0.25, 0.3) is 0 Å². The lowest BCUT2D eigenvalue weighted by Gasteiger charge is -2.15. The van der Waals surface area contributed by atoms with Crippen LogP contribution < -0.4 is 16.4 Å². The van der Waals surface area contributed by atoms with Gasteiger partial charge in [-0.15, -0.1) is 0 Å². The van der Waals surface area contributed by atoms with Gasteiger partial charge in [-0.3, -0.25) is 9.59 Å². The van der Waals surface area contributed by atoms with Gasteiger partial charge in [0.1, 0.15) is 11.8 Å². The Morgan fingerprint density at radius 1 is 1.08 bits per heavy atom. The molecule has 0 aromatic heterocycles. The van der Waals surface area contributed by atoms with Crippen LogP contribution in [0.15, 0.2) is 24.3 Å². The Morgan fingerprint density at radius 2 is 1.75 bits per heavy atom. The maximum Gasteiger partial charge on any atom is 0.326 e. The summed E-state index contributed by atoms with van der Waals surface area (Å²) in [5, 5.41) is 23.5. The SMILES string of the molecule is NCCC(=O)NCCCC(=O)N[C@H](Cc1ccc(O)cc1)C(=O)O. The predicted molar refractivity (Wildman–Crippen MR) is 87.3 cm³/mol. The summed E-state index contributed by atoms with van der Waals surface area (Å²) in [6.45, 7) is 0.603. The standard InChI is InChI=1S/C16H23N3O5/c17-8-7-14(21)18-9-1-2-15(22)19-13(16(23)24)10-11-3-5-12(20)6-4-11/h3-6,13,20H,1-2,7-10,17H2,(H,18,21)(H,19,22)(H,23,24)/t13-/m1/s1. The van der Waals surface area contributed by atoms with Crippen molar-refractivity contribution in [3.63, 3.8) is 0 Å². The molecule has 8 heteroatoms. The molecule has 6 N–H and O–H groups in total. The Morgan fingerprint density at radius 3 is 2.33 bits per heavy atom. The molecule has 0 spiro atoms. The summed E-state index contributed by atoms with van der Waals surface area (Å²) >= 11 is 0. The molecule has 0 heterocycles. The van der Waals surface area contributed by atoms with Gasteiger partial charge in [-0.25, -0.2) is 4.79 Å². The van der Waals surface area contributed by atoms with Crippen molar-refractivity contribution in [2.75, 3.05) is 13.1 Å². The van der Waals surface area contributed by atoms with E-state index in [1.165, 1.54) is 12.1 Å². The van der Waals surface area contributed by atoms with Crippen LogP contribution >= 0.6 is 0 Å². The lowest BCUT2D eigenvalue weighted by molar-refractivity contribution is -0.141. The minimum atomic E-state index is -1.13. The zero-order valence-corrected chi connectivity index (χ0v) is 13.3. The molecule has 0 aliphatic heterocycles. The Bertz CT molecular complexity index is 559. The number of phenolic OH excluding ortho intramolecular Hbond substituents is 1. The third-order valence-electron chi connectivity index (χ3n) is 3.28. The number of amides is 2. The average Bonchev–Trinajstić information content (AvgIpc) is 2.53. The smallest absolute Gasteiger partial charge is 0.326 e. The van der Waals surface area contributed by atoms with Crippen LogP contribution in [0.5, 0.6) is 5.75 Å². The summed E-state index contributed by atoms with van der Waals surface area (Å²) in [6, 6.07) is 5.07. The van der Waals surface area contributed by atoms with E-state index in [4.69, 9.17) is 5.73 Å². The Balaban J connectivity index is 2.39. The first-order valence-electron chi connectivity index (χ1n) is 7.69. The highest BCUT2D eigenvalue weighted by molar-refractivity contribution is 5.83. The molecule has 8 nitrogen and oxygen atoms in total. The van der Waals surface area contributed by atoms with Crippen molar-refractivity contribution in [2.45, 2.75) is 31.7 Å². The summed E-state index contributed by atoms with van der Waals surface area (Å²) in [5.41, 5.74) is 5.93. The van der Waals surface area contributed by atoms with Gasteiger partial charge < -0.3 is 26.6 Å². The number of rotatable bonds is 10. The molecule has 1 rings (SSSR count). The quantitative estimate of drug-likeness (QED) is 0.373. The monoisotopic (exact) mass is 337 g/mol. The molecule has 1 aromatic carbocycles. The largest absolute Gasteiger partial charge is 0.508 e. The second-order valence-corrected chi connectivity index (χ2v) is 5.32. The minimum absolute atomic E-state index is 0.0892. The molecule has 0 bridgehead atoms. The van der Waals surface area contributed by atoms with E-state index < -0.39 is 17.9 Å². The fraction of sp³-hybridized carbons (Fsp3) is 0.438. The van der Waals surface area contributed by atoms with Crippen molar-refractivity contribution in [3.8, 4) is 5.75 Å². The first kappa shape index (κ1) is 19.4. The van der Waals surface area contributed by atoms with Gasteiger partial charge in [0.25, 0.3) is 0 Å². The molecular weight excluding hydrogens is 314 g/mol. The highest BCUT2D eigenvalue weighted by Crippen LogP contribution is 2.11. The maximum atomic E-state index is 11.8. The summed E-state index contributed by atoms with van der Waals surface area (Å²) in [5.74, 6) is -1.61. The fourth-order valence-electron chi connectivity index (χ4n) is 2.03. The van der Waals surface area contributed by atoms with E-state index in [-0.39, 0.29) is 37.5 Å². The van der Waals surface area contributed by atoms with Crippen LogP contribution in [-0.4, -0.2) is 47.1 Å². The molecule has 1 aromatic rings. The van der Waals surface area contributed by atoms with Crippen LogP contribution in [0.2, 0.25) is 0 Å². The third kappa shape index (κ3) is 7.59. The Labute approximate surface area is 140 Å². The first-order chi connectivity index (χ1) is 11.4. The van der Waals surface area contributed by atoms with E-state index in [2.05, 4.69) is 10.6 Å². The number of hydrogen-bond donors (Lipinski definition) is 5. The normalized spacial score (nSPS) is 11.5. The van der Waals surface area contributed by atoms with Gasteiger partial charge in [-0.05, 0) is 24.1 Å². The topological polar surface area (TPSA) is 142 Å². The summed E-state index contributed by atoms with van der Waals surface area (Å²) < 4.78 is 0. The molecule has 132 valence electrons. The highest BCUT2D eigenvalue weighted by atomic mass is 16.4. The Hall–Kier alpha value is -2.61. The van der Waals surface area contributed by atoms with E-state index in [0.29, 0.717) is 18.5 Å². The van der Waals surface area contributed by atoms with Crippen molar-refractivity contribution in [1.82, 2.24) is 10.6 Å². The van der Waals surface area contributed by atoms with Gasteiger partial charge in [0.2, 0.25) is 11.8 Å². The van der Waals surface area contributed by atoms with Gasteiger partial charge in [0.05, 0.1) is 0 Å². The molecule has 0 unspecified atom stereocenters. The van der Waals surface area contributed by atoms with Crippen molar-refractivity contribution in [1.29, 1.82) is 0 Å². The number of aliphatic carboxylic acids is 1. The molecule has 0 radical (unpaired) electrons. The number of nitrogens with two attached hydrogens (primary N) is 1. The number of hydrogen-bond acceptors (Lipinski definition) is 5. The van der Waals surface area contributed by atoms with Crippen molar-refractivity contribution in [2.24, 2.45) is 5.73 Å². The molecular formula is C16H23N3O5. The average molecular weight is 337 g/mol. The van der Waals surface area contributed by atoms with E-state index in [1.807, 2.05) is 0 Å². The van der Waals surface area contributed by atoms with E-state index in [0.717, 1.165) is 0 Å². The number of phenols is 1. The van der Waals surface area contributed by atoms with E-state index in [9.17, 15) is 24.6 Å². The van der Waals surface area contributed by atoms with Gasteiger partial charge in [0, 0.05) is 32.4 Å². The number of carbonyl (C=O) groups excluding carboxylic acids is 2. The predicted octanol–water partition coefficient (Wildman–Crippen LogP) is -0.251. The molecule has 0 aliphatic rings. The molecule has 24 heavy (non-hydrogen) atoms. The van der Waals surface area contributed by atoms with Crippen LogP contribution in [-0.2, 0) is 20.8 Å². The number of aromatic hydroxyl groups is 1. The van der Waals surface area contributed by atoms with Crippen LogP contribution in [0.1, 0.15) is 24.8 Å². The van der Waals surface area contributed by atoms with Gasteiger partial charge >= 0.3 is 5.97 Å². The molecule has 2 amide bonds. The van der Waals surface area contributed by atoms with Crippen LogP contribution in [0.4, 0.5) is 0 Å². The summed E-state index contributed by atoms with van der Waals surface area (Å²) in [6.07, 6.45) is 0.879. The van der Waals surface area contributed by atoms with Crippen molar-refractivity contribution >= 4 is 17.8 Å². The maximum absolute atomic E-state index is 11.8. The zero-order valence-electron chi connectivity index (χ0n) is 13.3. The van der Waals surface area contributed by atoms with Gasteiger partial charge in [-0.1, -0.05) is 12.1 Å². The van der Waals surface area contributed by atoms with Crippen LogP contribution in [0.3, 0.4) is 0 Å². The van der Waals surface area contributed by atoms with E-state index in [1.54, 1.807) is 12.1 Å². The highest BCUT2D eigenvalue weighted by Gasteiger charge is 2.20. The molecule has 0 saturated carbocycles. The second-order valence-electron chi connectivity index (χ2n) is 5.32. The number of carboxylic acid groups (broad SMARTS) is 1. The zero-order chi connectivity index (χ0) is 17.9. The number of benzene rings is 1. The molecule has 0 saturated heterocycles. The molecule has 1 atom stereocenters. The number of nitrogens with one attached hydrogen (secondary N) is 2. The number of carbonyl (C=O) groups is 3. The lowest BCUT2D eigenvalue weighted by Crippen LogP contribution is -2.42. The minimum Gasteiger partial charge on any atom is -0.508 e. The first-order valence-corrected chi connectivity index (χ1v) is 7.69. The second kappa shape index (κ2) is 10.2. The van der Waals surface area contributed by atoms with Crippen molar-refractivity contribution in [3.05, 3.63) is 29.8 Å². The lowest BCUT2D eigenvalue weighted by atomic mass is 10.1. The summed E-state index contributed by atoms with van der Waals surface area (Å²) in [4.78, 5) is 34.3. The Kier molecular flexibility index (Phi) is 8.28. The van der Waals surface area contributed by atoms with E-state index >= 15 is 0 Å². The van der Waals surface area contributed by atoms with Gasteiger partial charge in [0.15, 0.2) is 0 Å².